The summed E-state index contributed by atoms with van der Waals surface area (Å²) < 4.78 is 0.807. The van der Waals surface area contributed by atoms with Gasteiger partial charge in [0.15, 0.2) is 0 Å². The molecule has 2 atom stereocenters. The number of hydrogen-bond acceptors (Lipinski definition) is 0. The second-order valence-corrected chi connectivity index (χ2v) is 6.02. The summed E-state index contributed by atoms with van der Waals surface area (Å²) in [5, 5.41) is 0. The molecule has 2 aliphatic carbocycles. The average Bonchev–Trinajstić information content (AvgIpc) is 2.65. The molecule has 16 heavy (non-hydrogen) atoms. The van der Waals surface area contributed by atoms with Crippen molar-refractivity contribution in [3.63, 3.8) is 0 Å². The van der Waals surface area contributed by atoms with Crippen LogP contribution < -0.4 is 0 Å². The van der Waals surface area contributed by atoms with E-state index in [-0.39, 0.29) is 0 Å². The molecule has 0 aromatic heterocycles. The summed E-state index contributed by atoms with van der Waals surface area (Å²) in [5.74, 6) is 0.724. The van der Waals surface area contributed by atoms with Crippen LogP contribution in [0.1, 0.15) is 49.7 Å². The van der Waals surface area contributed by atoms with E-state index in [2.05, 4.69) is 51.6 Å². The van der Waals surface area contributed by atoms with Crippen LogP contribution in [0.2, 0.25) is 4.22 Å². The number of allylic oxidation sites excluding steroid dienone is 2. The van der Waals surface area contributed by atoms with Gasteiger partial charge in [-0.1, -0.05) is 0 Å². The van der Waals surface area contributed by atoms with Crippen molar-refractivity contribution in [2.24, 2.45) is 0 Å². The van der Waals surface area contributed by atoms with Crippen LogP contribution in [-0.2, 0) is 20.4 Å². The van der Waals surface area contributed by atoms with Gasteiger partial charge in [0.05, 0.1) is 0 Å². The number of hydrogen-bond donors (Lipinski definition) is 0. The molecule has 0 heterocycles. The Morgan fingerprint density at radius 1 is 1.31 bits per heavy atom. The SMILES string of the molecule is CCC1C2=C(CCC[CH]2[Ti])c2ccccc21. The van der Waals surface area contributed by atoms with Gasteiger partial charge >= 0.3 is 110 Å². The molecule has 0 saturated carbocycles. The van der Waals surface area contributed by atoms with Crippen LogP contribution in [0, 0.1) is 0 Å². The molecule has 81 valence electrons. The van der Waals surface area contributed by atoms with Gasteiger partial charge in [0.2, 0.25) is 0 Å². The van der Waals surface area contributed by atoms with Crippen molar-refractivity contribution < 1.29 is 20.4 Å². The zero-order chi connectivity index (χ0) is 11.1. The quantitative estimate of drug-likeness (QED) is 0.640. The first kappa shape index (κ1) is 10.8. The normalized spacial score (nSPS) is 27.8. The van der Waals surface area contributed by atoms with Crippen molar-refractivity contribution >= 4 is 5.57 Å². The Morgan fingerprint density at radius 2 is 2.12 bits per heavy atom. The standard InChI is InChI=1S/C15H17.Ti/c1-2-11-12-7-3-5-9-14(12)15-10-6-4-8-13(11)15;/h3,5,7-9,11H,2,4,6,10H2,1H3;. The third kappa shape index (κ3) is 1.47. The van der Waals surface area contributed by atoms with Gasteiger partial charge in [-0.3, -0.25) is 0 Å². The van der Waals surface area contributed by atoms with Crippen molar-refractivity contribution in [1.82, 2.24) is 0 Å². The summed E-state index contributed by atoms with van der Waals surface area (Å²) in [4.78, 5) is 0. The van der Waals surface area contributed by atoms with E-state index in [0.717, 1.165) is 10.1 Å². The number of rotatable bonds is 1. The van der Waals surface area contributed by atoms with Gasteiger partial charge in [0, 0.05) is 0 Å². The Balaban J connectivity index is 2.17. The summed E-state index contributed by atoms with van der Waals surface area (Å²) in [6, 6.07) is 9.07. The topological polar surface area (TPSA) is 0 Å². The maximum atomic E-state index is 2.42. The van der Waals surface area contributed by atoms with Crippen LogP contribution >= 0.6 is 0 Å². The van der Waals surface area contributed by atoms with Gasteiger partial charge < -0.3 is 0 Å². The first-order chi connectivity index (χ1) is 7.83. The van der Waals surface area contributed by atoms with Gasteiger partial charge in [-0.15, -0.1) is 0 Å². The molecule has 3 rings (SSSR count). The van der Waals surface area contributed by atoms with E-state index < -0.39 is 0 Å². The van der Waals surface area contributed by atoms with E-state index in [1.165, 1.54) is 25.7 Å². The molecule has 0 amide bonds. The first-order valence-electron chi connectivity index (χ1n) is 6.36. The fraction of sp³-hybridized carbons (Fsp3) is 0.467. The molecule has 0 saturated heterocycles. The maximum absolute atomic E-state index is 2.42. The monoisotopic (exact) mass is 245 g/mol. The molecular formula is C15H17Ti. The third-order valence-electron chi connectivity index (χ3n) is 4.09. The average molecular weight is 245 g/mol. The van der Waals surface area contributed by atoms with Crippen molar-refractivity contribution in [2.45, 2.75) is 42.7 Å². The van der Waals surface area contributed by atoms with E-state index in [1.807, 2.05) is 0 Å². The minimum absolute atomic E-state index is 0.724. The number of benzene rings is 1. The van der Waals surface area contributed by atoms with E-state index in [1.54, 1.807) is 22.3 Å². The summed E-state index contributed by atoms with van der Waals surface area (Å²) in [6.07, 6.45) is 5.35. The second kappa shape index (κ2) is 4.16. The Morgan fingerprint density at radius 3 is 2.94 bits per heavy atom. The molecule has 2 aliphatic rings. The van der Waals surface area contributed by atoms with Crippen molar-refractivity contribution in [2.75, 3.05) is 0 Å². The molecule has 0 aliphatic heterocycles. The van der Waals surface area contributed by atoms with Crippen LogP contribution in [0.15, 0.2) is 29.8 Å². The van der Waals surface area contributed by atoms with Crippen LogP contribution in [0.3, 0.4) is 0 Å². The van der Waals surface area contributed by atoms with Gasteiger partial charge in [-0.05, 0) is 0 Å². The summed E-state index contributed by atoms with van der Waals surface area (Å²) in [7, 11) is 0. The summed E-state index contributed by atoms with van der Waals surface area (Å²) in [6.45, 7) is 2.33. The molecule has 0 N–H and O–H groups in total. The van der Waals surface area contributed by atoms with Crippen LogP contribution in [-0.4, -0.2) is 0 Å². The Bertz CT molecular complexity index is 445. The molecule has 2 unspecified atom stereocenters. The van der Waals surface area contributed by atoms with E-state index >= 15 is 0 Å². The Kier molecular flexibility index (Phi) is 2.81. The van der Waals surface area contributed by atoms with Crippen molar-refractivity contribution in [1.29, 1.82) is 0 Å². The molecule has 0 nitrogen and oxygen atoms in total. The minimum atomic E-state index is 0.724. The number of fused-ring (bicyclic) bond motifs is 2. The van der Waals surface area contributed by atoms with Gasteiger partial charge in [0.1, 0.15) is 0 Å². The molecular weight excluding hydrogens is 228 g/mol. The van der Waals surface area contributed by atoms with Gasteiger partial charge in [-0.2, -0.15) is 0 Å². The molecule has 1 aromatic carbocycles. The molecule has 0 fully saturated rings. The van der Waals surface area contributed by atoms with Crippen molar-refractivity contribution in [3.8, 4) is 0 Å². The second-order valence-electron chi connectivity index (χ2n) is 4.93. The van der Waals surface area contributed by atoms with Crippen LogP contribution in [0.5, 0.6) is 0 Å². The molecule has 1 heteroatoms. The summed E-state index contributed by atoms with van der Waals surface area (Å²) in [5.41, 5.74) is 6.64. The zero-order valence-electron chi connectivity index (χ0n) is 9.79. The Labute approximate surface area is 110 Å². The molecule has 0 radical (unpaired) electrons. The predicted octanol–water partition coefficient (Wildman–Crippen LogP) is 4.47. The van der Waals surface area contributed by atoms with Crippen LogP contribution in [0.25, 0.3) is 5.57 Å². The summed E-state index contributed by atoms with van der Waals surface area (Å²) >= 11 is 2.42. The Hall–Kier alpha value is -0.326. The fourth-order valence-electron chi connectivity index (χ4n) is 3.42. The first-order valence-corrected chi connectivity index (χ1v) is 7.26. The van der Waals surface area contributed by atoms with Gasteiger partial charge in [0.25, 0.3) is 0 Å². The fourth-order valence-corrected chi connectivity index (χ4v) is 4.32. The third-order valence-corrected chi connectivity index (χ3v) is 5.02. The van der Waals surface area contributed by atoms with Crippen LogP contribution in [0.4, 0.5) is 0 Å². The van der Waals surface area contributed by atoms with E-state index in [4.69, 9.17) is 0 Å². The predicted molar refractivity (Wildman–Crippen MR) is 64.0 cm³/mol. The molecule has 0 bridgehead atoms. The van der Waals surface area contributed by atoms with E-state index in [0.29, 0.717) is 0 Å². The zero-order valence-corrected chi connectivity index (χ0v) is 11.4. The van der Waals surface area contributed by atoms with E-state index in [9.17, 15) is 0 Å². The molecule has 1 aromatic rings. The molecule has 0 spiro atoms. The van der Waals surface area contributed by atoms with Gasteiger partial charge in [-0.25, -0.2) is 0 Å². The van der Waals surface area contributed by atoms with Crippen molar-refractivity contribution in [3.05, 3.63) is 41.0 Å².